The SMILES string of the molecule is CCOC(=O)c1cnc(SC)nc1NCc1ccc(C)c(C)c1. The minimum absolute atomic E-state index is 0.319. The molecule has 1 N–H and O–H groups in total. The fourth-order valence-electron chi connectivity index (χ4n) is 2.06. The van der Waals surface area contributed by atoms with Crippen LogP contribution in [0.25, 0.3) is 0 Å². The molecule has 6 heteroatoms. The van der Waals surface area contributed by atoms with Gasteiger partial charge < -0.3 is 10.1 Å². The van der Waals surface area contributed by atoms with Crippen molar-refractivity contribution >= 4 is 23.5 Å². The van der Waals surface area contributed by atoms with Crippen molar-refractivity contribution in [2.75, 3.05) is 18.2 Å². The zero-order chi connectivity index (χ0) is 16.8. The first-order valence-electron chi connectivity index (χ1n) is 7.43. The van der Waals surface area contributed by atoms with Gasteiger partial charge >= 0.3 is 5.97 Å². The standard InChI is InChI=1S/C17H21N3O2S/c1-5-22-16(21)14-10-19-17(23-4)20-15(14)18-9-13-7-6-11(2)12(3)8-13/h6-8,10H,5,9H2,1-4H3,(H,18,19,20). The first-order chi connectivity index (χ1) is 11.0. The van der Waals surface area contributed by atoms with Crippen LogP contribution in [0, 0.1) is 13.8 Å². The number of rotatable bonds is 6. The average Bonchev–Trinajstić information content (AvgIpc) is 2.55. The van der Waals surface area contributed by atoms with E-state index < -0.39 is 5.97 Å². The minimum atomic E-state index is -0.414. The topological polar surface area (TPSA) is 64.1 Å². The molecule has 0 spiro atoms. The maximum atomic E-state index is 12.0. The summed E-state index contributed by atoms with van der Waals surface area (Å²) in [5.74, 6) is 0.0868. The summed E-state index contributed by atoms with van der Waals surface area (Å²) in [5.41, 5.74) is 3.98. The highest BCUT2D eigenvalue weighted by atomic mass is 32.2. The van der Waals surface area contributed by atoms with Crippen molar-refractivity contribution in [2.24, 2.45) is 0 Å². The molecule has 0 atom stereocenters. The van der Waals surface area contributed by atoms with Gasteiger partial charge in [-0.05, 0) is 43.7 Å². The molecule has 0 saturated carbocycles. The number of hydrogen-bond donors (Lipinski definition) is 1. The molecule has 1 heterocycles. The number of nitrogens with one attached hydrogen (secondary N) is 1. The first kappa shape index (κ1) is 17.3. The van der Waals surface area contributed by atoms with Crippen LogP contribution in [0.2, 0.25) is 0 Å². The number of nitrogens with zero attached hydrogens (tertiary/aromatic N) is 2. The van der Waals surface area contributed by atoms with Crippen molar-refractivity contribution in [3.63, 3.8) is 0 Å². The maximum absolute atomic E-state index is 12.0. The van der Waals surface area contributed by atoms with Gasteiger partial charge in [0.2, 0.25) is 0 Å². The van der Waals surface area contributed by atoms with Crippen LogP contribution in [0.4, 0.5) is 5.82 Å². The van der Waals surface area contributed by atoms with E-state index in [2.05, 4.69) is 47.3 Å². The lowest BCUT2D eigenvalue weighted by molar-refractivity contribution is 0.0526. The molecular formula is C17H21N3O2S. The first-order valence-corrected chi connectivity index (χ1v) is 8.65. The second kappa shape index (κ2) is 7.97. The summed E-state index contributed by atoms with van der Waals surface area (Å²) in [6.07, 6.45) is 3.41. The van der Waals surface area contributed by atoms with Crippen LogP contribution in [0.15, 0.2) is 29.6 Å². The van der Waals surface area contributed by atoms with Crippen molar-refractivity contribution in [1.29, 1.82) is 0 Å². The largest absolute Gasteiger partial charge is 0.462 e. The number of ether oxygens (including phenoxy) is 1. The van der Waals surface area contributed by atoms with Crippen LogP contribution in [-0.2, 0) is 11.3 Å². The van der Waals surface area contributed by atoms with Gasteiger partial charge in [-0.1, -0.05) is 30.0 Å². The highest BCUT2D eigenvalue weighted by Gasteiger charge is 2.15. The van der Waals surface area contributed by atoms with Gasteiger partial charge in [0.25, 0.3) is 0 Å². The molecule has 2 aromatic rings. The molecule has 5 nitrogen and oxygen atoms in total. The Balaban J connectivity index is 2.22. The van der Waals surface area contributed by atoms with E-state index in [9.17, 15) is 4.79 Å². The van der Waals surface area contributed by atoms with E-state index in [1.54, 1.807) is 6.92 Å². The summed E-state index contributed by atoms with van der Waals surface area (Å²) in [4.78, 5) is 20.6. The molecule has 0 aliphatic carbocycles. The smallest absolute Gasteiger partial charge is 0.343 e. The quantitative estimate of drug-likeness (QED) is 0.496. The molecule has 0 aliphatic heterocycles. The lowest BCUT2D eigenvalue weighted by Gasteiger charge is -2.12. The predicted molar refractivity (Wildman–Crippen MR) is 93.0 cm³/mol. The van der Waals surface area contributed by atoms with Crippen molar-refractivity contribution in [3.8, 4) is 0 Å². The normalized spacial score (nSPS) is 10.4. The van der Waals surface area contributed by atoms with E-state index in [1.807, 2.05) is 6.26 Å². The van der Waals surface area contributed by atoms with Crippen LogP contribution >= 0.6 is 11.8 Å². The highest BCUT2D eigenvalue weighted by Crippen LogP contribution is 2.19. The number of anilines is 1. The third-order valence-electron chi connectivity index (χ3n) is 3.48. The van der Waals surface area contributed by atoms with Gasteiger partial charge in [-0.25, -0.2) is 14.8 Å². The molecule has 0 amide bonds. The summed E-state index contributed by atoms with van der Waals surface area (Å²) in [5, 5.41) is 3.84. The molecule has 23 heavy (non-hydrogen) atoms. The van der Waals surface area contributed by atoms with E-state index in [-0.39, 0.29) is 0 Å². The van der Waals surface area contributed by atoms with E-state index in [1.165, 1.54) is 29.1 Å². The Morgan fingerprint density at radius 2 is 2.09 bits per heavy atom. The van der Waals surface area contributed by atoms with Crippen molar-refractivity contribution < 1.29 is 9.53 Å². The Labute approximate surface area is 140 Å². The number of thioether (sulfide) groups is 1. The number of esters is 1. The number of aromatic nitrogens is 2. The van der Waals surface area contributed by atoms with Gasteiger partial charge in [-0.3, -0.25) is 0 Å². The molecule has 0 bridgehead atoms. The van der Waals surface area contributed by atoms with Crippen LogP contribution < -0.4 is 5.32 Å². The van der Waals surface area contributed by atoms with Crippen molar-refractivity contribution in [2.45, 2.75) is 32.5 Å². The molecule has 0 radical (unpaired) electrons. The van der Waals surface area contributed by atoms with Crippen molar-refractivity contribution in [1.82, 2.24) is 9.97 Å². The summed E-state index contributed by atoms with van der Waals surface area (Å²) in [6.45, 7) is 6.84. The van der Waals surface area contributed by atoms with Gasteiger partial charge in [0, 0.05) is 12.7 Å². The molecule has 0 fully saturated rings. The lowest BCUT2D eigenvalue weighted by Crippen LogP contribution is -2.12. The molecule has 2 rings (SSSR count). The Kier molecular flexibility index (Phi) is 5.98. The van der Waals surface area contributed by atoms with Gasteiger partial charge in [-0.15, -0.1) is 0 Å². The summed E-state index contributed by atoms with van der Waals surface area (Å²) in [6, 6.07) is 6.28. The molecule has 1 aromatic carbocycles. The molecule has 0 saturated heterocycles. The van der Waals surface area contributed by atoms with Gasteiger partial charge in [0.05, 0.1) is 6.61 Å². The van der Waals surface area contributed by atoms with Gasteiger partial charge in [-0.2, -0.15) is 0 Å². The Hall–Kier alpha value is -2.08. The predicted octanol–water partition coefficient (Wildman–Crippen LogP) is 3.60. The zero-order valence-corrected chi connectivity index (χ0v) is 14.7. The van der Waals surface area contributed by atoms with Gasteiger partial charge in [0.1, 0.15) is 11.4 Å². The van der Waals surface area contributed by atoms with Crippen LogP contribution in [-0.4, -0.2) is 28.8 Å². The molecule has 1 aromatic heterocycles. The van der Waals surface area contributed by atoms with E-state index in [0.717, 1.165) is 5.56 Å². The van der Waals surface area contributed by atoms with Crippen LogP contribution in [0.1, 0.15) is 34.0 Å². The number of hydrogen-bond acceptors (Lipinski definition) is 6. The third-order valence-corrected chi connectivity index (χ3v) is 4.04. The highest BCUT2D eigenvalue weighted by molar-refractivity contribution is 7.98. The van der Waals surface area contributed by atoms with E-state index in [0.29, 0.717) is 29.7 Å². The van der Waals surface area contributed by atoms with E-state index in [4.69, 9.17) is 4.74 Å². The van der Waals surface area contributed by atoms with Gasteiger partial charge in [0.15, 0.2) is 5.16 Å². The minimum Gasteiger partial charge on any atom is -0.462 e. The molecule has 0 unspecified atom stereocenters. The Morgan fingerprint density at radius 1 is 1.30 bits per heavy atom. The third kappa shape index (κ3) is 4.45. The van der Waals surface area contributed by atoms with Crippen molar-refractivity contribution in [3.05, 3.63) is 46.6 Å². The molecule has 122 valence electrons. The summed E-state index contributed by atoms with van der Waals surface area (Å²) in [7, 11) is 0. The van der Waals surface area contributed by atoms with Crippen LogP contribution in [0.5, 0.6) is 0 Å². The zero-order valence-electron chi connectivity index (χ0n) is 13.8. The number of aryl methyl sites for hydroxylation is 2. The summed E-state index contributed by atoms with van der Waals surface area (Å²) >= 11 is 1.43. The second-order valence-electron chi connectivity index (χ2n) is 5.11. The fourth-order valence-corrected chi connectivity index (χ4v) is 2.40. The number of carbonyl (C=O) groups excluding carboxylic acids is 1. The fraction of sp³-hybridized carbons (Fsp3) is 0.353. The Morgan fingerprint density at radius 3 is 2.74 bits per heavy atom. The average molecular weight is 331 g/mol. The van der Waals surface area contributed by atoms with E-state index >= 15 is 0 Å². The number of carbonyl (C=O) groups is 1. The molecular weight excluding hydrogens is 310 g/mol. The molecule has 0 aliphatic rings. The second-order valence-corrected chi connectivity index (χ2v) is 5.89. The lowest BCUT2D eigenvalue weighted by atomic mass is 10.1. The number of benzene rings is 1. The maximum Gasteiger partial charge on any atom is 0.343 e. The Bertz CT molecular complexity index is 704. The summed E-state index contributed by atoms with van der Waals surface area (Å²) < 4.78 is 5.06. The monoisotopic (exact) mass is 331 g/mol. The van der Waals surface area contributed by atoms with Crippen LogP contribution in [0.3, 0.4) is 0 Å².